The third-order valence-corrected chi connectivity index (χ3v) is 6.72. The van der Waals surface area contributed by atoms with Crippen LogP contribution in [0.2, 0.25) is 0 Å². The number of nitrogens with zero attached hydrogens (tertiary/aromatic N) is 3. The van der Waals surface area contributed by atoms with Crippen molar-refractivity contribution in [1.82, 2.24) is 14.9 Å². The van der Waals surface area contributed by atoms with Gasteiger partial charge in [-0.3, -0.25) is 4.98 Å². The molecule has 0 atom stereocenters. The Kier molecular flexibility index (Phi) is 6.11. The molecule has 6 heteroatoms. The molecule has 2 aromatic heterocycles. The fourth-order valence-electron chi connectivity index (χ4n) is 4.79. The SMILES string of the molecule is COc1cccc2c1C/C(=C/CCN1CCC(O)(c3cccnc3)CC1)c1cccnc1O2. The summed E-state index contributed by atoms with van der Waals surface area (Å²) in [7, 11) is 1.69. The van der Waals surface area contributed by atoms with Crippen LogP contribution < -0.4 is 9.47 Å². The molecule has 1 aromatic carbocycles. The molecule has 0 spiro atoms. The van der Waals surface area contributed by atoms with Gasteiger partial charge in [0.05, 0.1) is 12.7 Å². The lowest BCUT2D eigenvalue weighted by Gasteiger charge is -2.38. The molecule has 0 unspecified atom stereocenters. The molecule has 0 aliphatic carbocycles. The third-order valence-electron chi connectivity index (χ3n) is 6.72. The van der Waals surface area contributed by atoms with Crippen LogP contribution in [0.4, 0.5) is 0 Å². The normalized spacial score (nSPS) is 18.7. The zero-order valence-electron chi connectivity index (χ0n) is 18.9. The summed E-state index contributed by atoms with van der Waals surface area (Å²) in [5.41, 5.74) is 3.42. The van der Waals surface area contributed by atoms with E-state index in [1.807, 2.05) is 36.4 Å². The van der Waals surface area contributed by atoms with Gasteiger partial charge in [0.25, 0.3) is 0 Å². The van der Waals surface area contributed by atoms with Crippen LogP contribution in [0.1, 0.15) is 36.0 Å². The highest BCUT2D eigenvalue weighted by atomic mass is 16.5. The van der Waals surface area contributed by atoms with Crippen molar-refractivity contribution in [3.05, 3.63) is 83.8 Å². The van der Waals surface area contributed by atoms with Crippen LogP contribution in [0.5, 0.6) is 17.4 Å². The summed E-state index contributed by atoms with van der Waals surface area (Å²) < 4.78 is 11.8. The van der Waals surface area contributed by atoms with E-state index in [0.717, 1.165) is 73.5 Å². The molecule has 2 aliphatic heterocycles. The van der Waals surface area contributed by atoms with Crippen LogP contribution in [-0.4, -0.2) is 46.7 Å². The van der Waals surface area contributed by atoms with Gasteiger partial charge >= 0.3 is 0 Å². The molecule has 0 radical (unpaired) electrons. The lowest BCUT2D eigenvalue weighted by molar-refractivity contribution is -0.0257. The van der Waals surface area contributed by atoms with Crippen molar-refractivity contribution in [2.24, 2.45) is 0 Å². The first-order chi connectivity index (χ1) is 16.2. The van der Waals surface area contributed by atoms with E-state index < -0.39 is 5.60 Å². The molecule has 4 heterocycles. The largest absolute Gasteiger partial charge is 0.496 e. The molecule has 2 aliphatic rings. The van der Waals surface area contributed by atoms with E-state index in [4.69, 9.17) is 9.47 Å². The molecule has 1 fully saturated rings. The van der Waals surface area contributed by atoms with Crippen molar-refractivity contribution in [3.8, 4) is 17.4 Å². The Labute approximate surface area is 194 Å². The number of benzene rings is 1. The number of ether oxygens (including phenoxy) is 2. The number of allylic oxidation sites excluding steroid dienone is 1. The molecule has 0 saturated carbocycles. The smallest absolute Gasteiger partial charge is 0.226 e. The molecule has 33 heavy (non-hydrogen) atoms. The zero-order valence-corrected chi connectivity index (χ0v) is 18.9. The summed E-state index contributed by atoms with van der Waals surface area (Å²) in [4.78, 5) is 11.1. The monoisotopic (exact) mass is 443 g/mol. The van der Waals surface area contributed by atoms with Gasteiger partial charge in [0.15, 0.2) is 0 Å². The second-order valence-corrected chi connectivity index (χ2v) is 8.70. The van der Waals surface area contributed by atoms with Crippen LogP contribution >= 0.6 is 0 Å². The summed E-state index contributed by atoms with van der Waals surface area (Å²) >= 11 is 0. The zero-order chi connectivity index (χ0) is 22.7. The van der Waals surface area contributed by atoms with Crippen molar-refractivity contribution in [2.45, 2.75) is 31.3 Å². The van der Waals surface area contributed by atoms with Gasteiger partial charge in [-0.2, -0.15) is 0 Å². The average Bonchev–Trinajstić information content (AvgIpc) is 3.02. The molecule has 0 bridgehead atoms. The molecular formula is C27H29N3O3. The number of fused-ring (bicyclic) bond motifs is 2. The highest BCUT2D eigenvalue weighted by Gasteiger charge is 2.33. The maximum atomic E-state index is 11.1. The number of methoxy groups -OCH3 is 1. The summed E-state index contributed by atoms with van der Waals surface area (Å²) in [6.45, 7) is 2.68. The quantitative estimate of drug-likeness (QED) is 0.622. The predicted molar refractivity (Wildman–Crippen MR) is 127 cm³/mol. The maximum absolute atomic E-state index is 11.1. The predicted octanol–water partition coefficient (Wildman–Crippen LogP) is 4.59. The van der Waals surface area contributed by atoms with E-state index in [1.54, 1.807) is 25.7 Å². The molecule has 170 valence electrons. The van der Waals surface area contributed by atoms with E-state index in [0.29, 0.717) is 5.88 Å². The van der Waals surface area contributed by atoms with E-state index in [2.05, 4.69) is 27.0 Å². The van der Waals surface area contributed by atoms with Gasteiger partial charge in [0.1, 0.15) is 11.5 Å². The van der Waals surface area contributed by atoms with Crippen LogP contribution in [0.15, 0.2) is 67.1 Å². The molecule has 5 rings (SSSR count). The Bertz CT molecular complexity index is 1140. The number of likely N-dealkylation sites (tertiary alicyclic amines) is 1. The molecule has 1 saturated heterocycles. The third kappa shape index (κ3) is 4.49. The van der Waals surface area contributed by atoms with Crippen molar-refractivity contribution >= 4 is 5.57 Å². The highest BCUT2D eigenvalue weighted by Crippen LogP contribution is 2.41. The molecule has 3 aromatic rings. The van der Waals surface area contributed by atoms with Crippen molar-refractivity contribution in [1.29, 1.82) is 0 Å². The lowest BCUT2D eigenvalue weighted by Crippen LogP contribution is -2.42. The molecule has 6 nitrogen and oxygen atoms in total. The number of pyridine rings is 2. The number of hydrogen-bond acceptors (Lipinski definition) is 6. The molecule has 1 N–H and O–H groups in total. The number of rotatable bonds is 5. The number of hydrogen-bond donors (Lipinski definition) is 1. The fourth-order valence-corrected chi connectivity index (χ4v) is 4.79. The minimum Gasteiger partial charge on any atom is -0.496 e. The Morgan fingerprint density at radius 2 is 1.97 bits per heavy atom. The van der Waals surface area contributed by atoms with Gasteiger partial charge in [-0.25, -0.2) is 4.98 Å². The van der Waals surface area contributed by atoms with Gasteiger partial charge in [0, 0.05) is 61.3 Å². The Morgan fingerprint density at radius 3 is 2.76 bits per heavy atom. The second-order valence-electron chi connectivity index (χ2n) is 8.70. The van der Waals surface area contributed by atoms with Crippen LogP contribution in [0, 0.1) is 0 Å². The molecular weight excluding hydrogens is 414 g/mol. The van der Waals surface area contributed by atoms with Crippen LogP contribution in [-0.2, 0) is 12.0 Å². The van der Waals surface area contributed by atoms with Crippen molar-refractivity contribution in [2.75, 3.05) is 26.7 Å². The number of piperidine rings is 1. The van der Waals surface area contributed by atoms with Gasteiger partial charge in [-0.15, -0.1) is 0 Å². The highest BCUT2D eigenvalue weighted by molar-refractivity contribution is 5.74. The Morgan fingerprint density at radius 1 is 1.12 bits per heavy atom. The molecule has 0 amide bonds. The second kappa shape index (κ2) is 9.33. The first kappa shape index (κ1) is 21.6. The summed E-state index contributed by atoms with van der Waals surface area (Å²) in [5, 5.41) is 11.1. The van der Waals surface area contributed by atoms with E-state index in [1.165, 1.54) is 5.57 Å². The van der Waals surface area contributed by atoms with Gasteiger partial charge < -0.3 is 19.5 Å². The minimum atomic E-state index is -0.771. The van der Waals surface area contributed by atoms with Gasteiger partial charge in [-0.05, 0) is 55.2 Å². The summed E-state index contributed by atoms with van der Waals surface area (Å²) in [6, 6.07) is 13.8. The first-order valence-corrected chi connectivity index (χ1v) is 11.5. The minimum absolute atomic E-state index is 0.635. The number of aliphatic hydroxyl groups is 1. The van der Waals surface area contributed by atoms with Crippen LogP contribution in [0.3, 0.4) is 0 Å². The Hall–Kier alpha value is -3.22. The van der Waals surface area contributed by atoms with Crippen molar-refractivity contribution < 1.29 is 14.6 Å². The maximum Gasteiger partial charge on any atom is 0.226 e. The van der Waals surface area contributed by atoms with E-state index in [-0.39, 0.29) is 0 Å². The topological polar surface area (TPSA) is 67.7 Å². The number of aromatic nitrogens is 2. The lowest BCUT2D eigenvalue weighted by atomic mass is 9.85. The fraction of sp³-hybridized carbons (Fsp3) is 0.333. The van der Waals surface area contributed by atoms with Crippen LogP contribution in [0.25, 0.3) is 5.57 Å². The summed E-state index contributed by atoms with van der Waals surface area (Å²) in [5.74, 6) is 2.26. The summed E-state index contributed by atoms with van der Waals surface area (Å²) in [6.07, 6.45) is 10.7. The standard InChI is InChI=1S/C27H29N3O3/c1-32-24-9-2-10-25-23(24)18-20(22-8-4-14-29-26(22)33-25)6-5-15-30-16-11-27(31,12-17-30)21-7-3-13-28-19-21/h2-4,6-10,13-14,19,31H,5,11-12,15-18H2,1H3/b20-6-. The van der Waals surface area contributed by atoms with E-state index in [9.17, 15) is 5.11 Å². The van der Waals surface area contributed by atoms with E-state index >= 15 is 0 Å². The Balaban J connectivity index is 1.29. The van der Waals surface area contributed by atoms with Crippen molar-refractivity contribution in [3.63, 3.8) is 0 Å². The average molecular weight is 444 g/mol. The first-order valence-electron chi connectivity index (χ1n) is 11.5. The van der Waals surface area contributed by atoms with Gasteiger partial charge in [-0.1, -0.05) is 18.2 Å². The van der Waals surface area contributed by atoms with Gasteiger partial charge in [0.2, 0.25) is 5.88 Å².